The van der Waals surface area contributed by atoms with Gasteiger partial charge < -0.3 is 4.98 Å². The van der Waals surface area contributed by atoms with Gasteiger partial charge in [-0.15, -0.1) is 0 Å². The highest BCUT2D eigenvalue weighted by atomic mass is 32.2. The maximum Gasteiger partial charge on any atom is 0.283 e. The number of nitrogens with one attached hydrogen (secondary N) is 1. The van der Waals surface area contributed by atoms with Crippen molar-refractivity contribution in [3.05, 3.63) is 76.7 Å². The van der Waals surface area contributed by atoms with Gasteiger partial charge in [0.2, 0.25) is 0 Å². The second-order valence-electron chi connectivity index (χ2n) is 6.83. The van der Waals surface area contributed by atoms with Gasteiger partial charge in [-0.2, -0.15) is 0 Å². The van der Waals surface area contributed by atoms with Crippen LogP contribution in [-0.2, 0) is 0 Å². The van der Waals surface area contributed by atoms with Crippen molar-refractivity contribution in [3.8, 4) is 16.8 Å². The molecule has 0 radical (unpaired) electrons. The van der Waals surface area contributed by atoms with Crippen LogP contribution < -0.4 is 5.56 Å². The second kappa shape index (κ2) is 7.08. The van der Waals surface area contributed by atoms with E-state index < -0.39 is 0 Å². The van der Waals surface area contributed by atoms with Crippen LogP contribution in [0.4, 0.5) is 0 Å². The first-order valence-corrected chi connectivity index (χ1v) is 9.86. The molecule has 1 N–H and O–H groups in total. The number of aromatic amines is 1. The predicted molar refractivity (Wildman–Crippen MR) is 113 cm³/mol. The van der Waals surface area contributed by atoms with E-state index in [1.54, 1.807) is 16.3 Å². The number of benzene rings is 2. The van der Waals surface area contributed by atoms with Crippen LogP contribution in [-0.4, -0.2) is 19.8 Å². The van der Waals surface area contributed by atoms with Gasteiger partial charge in [-0.25, -0.2) is 4.98 Å². The summed E-state index contributed by atoms with van der Waals surface area (Å²) in [5.41, 5.74) is 5.16. The summed E-state index contributed by atoms with van der Waals surface area (Å²) < 4.78 is 1.71. The van der Waals surface area contributed by atoms with Gasteiger partial charge in [0.1, 0.15) is 11.0 Å². The Morgan fingerprint density at radius 2 is 1.74 bits per heavy atom. The lowest BCUT2D eigenvalue weighted by Crippen LogP contribution is -2.22. The lowest BCUT2D eigenvalue weighted by Gasteiger charge is -2.14. The monoisotopic (exact) mass is 375 g/mol. The number of aryl methyl sites for hydroxylation is 1. The van der Waals surface area contributed by atoms with Crippen LogP contribution in [0.1, 0.15) is 19.4 Å². The number of hydrogen-bond acceptors (Lipinski definition) is 3. The number of rotatable bonds is 4. The molecule has 0 bridgehead atoms. The predicted octanol–water partition coefficient (Wildman–Crippen LogP) is 5.19. The van der Waals surface area contributed by atoms with Crippen LogP contribution >= 0.6 is 11.8 Å². The molecule has 2 aromatic carbocycles. The maximum absolute atomic E-state index is 13.3. The lowest BCUT2D eigenvalue weighted by atomic mass is 10.1. The van der Waals surface area contributed by atoms with Gasteiger partial charge in [0.05, 0.1) is 5.69 Å². The average Bonchev–Trinajstić information content (AvgIpc) is 3.07. The van der Waals surface area contributed by atoms with Crippen molar-refractivity contribution in [2.45, 2.75) is 31.2 Å². The van der Waals surface area contributed by atoms with Crippen molar-refractivity contribution < 1.29 is 0 Å². The number of hydrogen-bond donors (Lipinski definition) is 1. The van der Waals surface area contributed by atoms with Crippen molar-refractivity contribution in [1.82, 2.24) is 14.5 Å². The molecule has 0 spiro atoms. The standard InChI is InChI=1S/C22H21N3OS/c1-14(2)27-22-24-19-18(16-7-5-4-6-8-16)13-23-20(19)21(26)25(22)17-11-9-15(3)10-12-17/h4-14,23H,1-3H3. The first-order valence-electron chi connectivity index (χ1n) is 8.98. The van der Waals surface area contributed by atoms with Gasteiger partial charge in [0.25, 0.3) is 5.56 Å². The molecule has 5 heteroatoms. The SMILES string of the molecule is Cc1ccc(-n2c(SC(C)C)nc3c(-c4ccccc4)c[nH]c3c2=O)cc1. The molecule has 136 valence electrons. The smallest absolute Gasteiger partial charge is 0.283 e. The molecule has 27 heavy (non-hydrogen) atoms. The van der Waals surface area contributed by atoms with Gasteiger partial charge in [-0.05, 0) is 24.6 Å². The number of nitrogens with zero attached hydrogens (tertiary/aromatic N) is 2. The van der Waals surface area contributed by atoms with Gasteiger partial charge in [-0.3, -0.25) is 9.36 Å². The summed E-state index contributed by atoms with van der Waals surface area (Å²) in [5, 5.41) is 1.02. The van der Waals surface area contributed by atoms with Crippen molar-refractivity contribution in [2.24, 2.45) is 0 Å². The Bertz CT molecular complexity index is 1140. The third kappa shape index (κ3) is 3.30. The van der Waals surface area contributed by atoms with Crippen molar-refractivity contribution in [3.63, 3.8) is 0 Å². The minimum absolute atomic E-state index is 0.0748. The molecule has 0 fully saturated rings. The van der Waals surface area contributed by atoms with Crippen LogP contribution in [0, 0.1) is 6.92 Å². The number of thioether (sulfide) groups is 1. The summed E-state index contributed by atoms with van der Waals surface area (Å²) >= 11 is 1.60. The van der Waals surface area contributed by atoms with Crippen molar-refractivity contribution in [2.75, 3.05) is 0 Å². The lowest BCUT2D eigenvalue weighted by molar-refractivity contribution is 0.814. The molecule has 2 aromatic heterocycles. The van der Waals surface area contributed by atoms with E-state index in [0.29, 0.717) is 15.9 Å². The zero-order valence-corrected chi connectivity index (χ0v) is 16.4. The largest absolute Gasteiger partial charge is 0.355 e. The van der Waals surface area contributed by atoms with E-state index in [-0.39, 0.29) is 5.56 Å². The fraction of sp³-hybridized carbons (Fsp3) is 0.182. The Morgan fingerprint density at radius 1 is 1.04 bits per heavy atom. The summed E-state index contributed by atoms with van der Waals surface area (Å²) in [7, 11) is 0. The molecular formula is C22H21N3OS. The third-order valence-corrected chi connectivity index (χ3v) is 5.34. The number of aromatic nitrogens is 3. The zero-order valence-electron chi connectivity index (χ0n) is 15.6. The van der Waals surface area contributed by atoms with E-state index in [1.165, 1.54) is 0 Å². The molecule has 4 aromatic rings. The Balaban J connectivity index is 2.00. The molecule has 2 heterocycles. The molecule has 0 atom stereocenters. The van der Waals surface area contributed by atoms with Gasteiger partial charge in [0, 0.05) is 17.0 Å². The van der Waals surface area contributed by atoms with E-state index in [1.807, 2.05) is 67.7 Å². The molecular weight excluding hydrogens is 354 g/mol. The Labute approximate surface area is 162 Å². The first kappa shape index (κ1) is 17.6. The second-order valence-corrected chi connectivity index (χ2v) is 8.37. The van der Waals surface area contributed by atoms with Gasteiger partial charge in [-0.1, -0.05) is 73.6 Å². The Morgan fingerprint density at radius 3 is 2.41 bits per heavy atom. The quantitative estimate of drug-likeness (QED) is 0.394. The van der Waals surface area contributed by atoms with Gasteiger partial charge >= 0.3 is 0 Å². The highest BCUT2D eigenvalue weighted by molar-refractivity contribution is 7.99. The highest BCUT2D eigenvalue weighted by Gasteiger charge is 2.18. The van der Waals surface area contributed by atoms with E-state index in [9.17, 15) is 4.79 Å². The number of H-pyrrole nitrogens is 1. The molecule has 0 unspecified atom stereocenters. The summed E-state index contributed by atoms with van der Waals surface area (Å²) in [6.45, 7) is 6.25. The molecule has 4 nitrogen and oxygen atoms in total. The van der Waals surface area contributed by atoms with Crippen LogP contribution in [0.5, 0.6) is 0 Å². The third-order valence-electron chi connectivity index (χ3n) is 4.39. The van der Waals surface area contributed by atoms with E-state index >= 15 is 0 Å². The van der Waals surface area contributed by atoms with E-state index in [2.05, 4.69) is 18.8 Å². The molecule has 0 aliphatic rings. The maximum atomic E-state index is 13.3. The fourth-order valence-corrected chi connectivity index (χ4v) is 3.95. The summed E-state index contributed by atoms with van der Waals surface area (Å²) in [6.07, 6.45) is 1.87. The minimum atomic E-state index is -0.0748. The van der Waals surface area contributed by atoms with E-state index in [0.717, 1.165) is 27.9 Å². The van der Waals surface area contributed by atoms with Gasteiger partial charge in [0.15, 0.2) is 5.16 Å². The van der Waals surface area contributed by atoms with Crippen LogP contribution in [0.2, 0.25) is 0 Å². The normalized spacial score (nSPS) is 11.4. The molecule has 0 aliphatic heterocycles. The topological polar surface area (TPSA) is 50.7 Å². The molecule has 0 saturated heterocycles. The molecule has 0 aliphatic carbocycles. The molecule has 4 rings (SSSR count). The average molecular weight is 375 g/mol. The molecule has 0 amide bonds. The summed E-state index contributed by atoms with van der Waals surface area (Å²) in [4.78, 5) is 21.4. The van der Waals surface area contributed by atoms with Crippen LogP contribution in [0.3, 0.4) is 0 Å². The van der Waals surface area contributed by atoms with Crippen molar-refractivity contribution >= 4 is 22.8 Å². The fourth-order valence-electron chi connectivity index (χ4n) is 3.09. The summed E-state index contributed by atoms with van der Waals surface area (Å²) in [5.74, 6) is 0. The van der Waals surface area contributed by atoms with Crippen LogP contribution in [0.25, 0.3) is 27.8 Å². The number of fused-ring (bicyclic) bond motifs is 1. The van der Waals surface area contributed by atoms with Crippen molar-refractivity contribution in [1.29, 1.82) is 0 Å². The molecule has 0 saturated carbocycles. The first-order chi connectivity index (χ1) is 13.0. The minimum Gasteiger partial charge on any atom is -0.355 e. The zero-order chi connectivity index (χ0) is 19.0. The van der Waals surface area contributed by atoms with E-state index in [4.69, 9.17) is 4.98 Å². The Kier molecular flexibility index (Phi) is 4.62. The van der Waals surface area contributed by atoms with Crippen LogP contribution in [0.15, 0.2) is 70.7 Å². The summed E-state index contributed by atoms with van der Waals surface area (Å²) in [6, 6.07) is 18.0. The highest BCUT2D eigenvalue weighted by Crippen LogP contribution is 2.30. The Hall–Kier alpha value is -2.79.